The molecule has 6 aromatic rings. The van der Waals surface area contributed by atoms with Crippen molar-refractivity contribution in [1.29, 1.82) is 10.5 Å². The van der Waals surface area contributed by atoms with Crippen LogP contribution >= 0.6 is 0 Å². The van der Waals surface area contributed by atoms with Gasteiger partial charge in [-0.05, 0) is 46.8 Å². The molecule has 0 aliphatic carbocycles. The van der Waals surface area contributed by atoms with E-state index in [9.17, 15) is 10.5 Å². The highest BCUT2D eigenvalue weighted by molar-refractivity contribution is 7.02. The molecule has 5 nitrogen and oxygen atoms in total. The molecule has 2 aromatic heterocycles. The van der Waals surface area contributed by atoms with E-state index < -0.39 is 8.07 Å². The van der Waals surface area contributed by atoms with Gasteiger partial charge in [-0.15, -0.1) is 0 Å². The SMILES string of the molecule is C[Si]1(C)c2ccccc2N(c2cccc3c4ccccc4n(-c4cc(C#N)nc(C#N)c4)c23)c2ccccc21. The van der Waals surface area contributed by atoms with Crippen LogP contribution in [0.5, 0.6) is 0 Å². The van der Waals surface area contributed by atoms with Gasteiger partial charge in [0.15, 0.2) is 0 Å². The van der Waals surface area contributed by atoms with E-state index in [0.29, 0.717) is 0 Å². The van der Waals surface area contributed by atoms with E-state index in [-0.39, 0.29) is 11.4 Å². The smallest absolute Gasteiger partial charge is 0.144 e. The Hall–Kier alpha value is -5.17. The molecule has 0 fully saturated rings. The summed E-state index contributed by atoms with van der Waals surface area (Å²) in [5.41, 5.74) is 6.63. The minimum Gasteiger partial charge on any atom is -0.309 e. The Morgan fingerprint density at radius 1 is 0.641 bits per heavy atom. The predicted octanol–water partition coefficient (Wildman–Crippen LogP) is 6.53. The topological polar surface area (TPSA) is 68.6 Å². The third kappa shape index (κ3) is 3.26. The van der Waals surface area contributed by atoms with Crippen molar-refractivity contribution in [2.24, 2.45) is 0 Å². The van der Waals surface area contributed by atoms with Crippen LogP contribution in [-0.4, -0.2) is 17.6 Å². The van der Waals surface area contributed by atoms with Gasteiger partial charge in [-0.2, -0.15) is 10.5 Å². The van der Waals surface area contributed by atoms with Crippen LogP contribution in [0.1, 0.15) is 11.4 Å². The number of hydrogen-bond donors (Lipinski definition) is 0. The van der Waals surface area contributed by atoms with Crippen molar-refractivity contribution in [3.8, 4) is 17.8 Å². The normalized spacial score (nSPS) is 13.5. The first-order valence-corrected chi connectivity index (χ1v) is 15.9. The second-order valence-electron chi connectivity index (χ2n) is 10.3. The van der Waals surface area contributed by atoms with Gasteiger partial charge in [0.25, 0.3) is 0 Å². The molecular formula is C33H23N5Si. The van der Waals surface area contributed by atoms with Gasteiger partial charge in [0.1, 0.15) is 31.6 Å². The number of nitrogens with zero attached hydrogens (tertiary/aromatic N) is 5. The molecule has 0 radical (unpaired) electrons. The van der Waals surface area contributed by atoms with Crippen molar-refractivity contribution in [2.45, 2.75) is 13.1 Å². The molecule has 1 aliphatic heterocycles. The van der Waals surface area contributed by atoms with Crippen LogP contribution in [0, 0.1) is 22.7 Å². The van der Waals surface area contributed by atoms with E-state index in [1.165, 1.54) is 21.7 Å². The Labute approximate surface area is 227 Å². The lowest BCUT2D eigenvalue weighted by Gasteiger charge is -2.41. The Bertz CT molecular complexity index is 1960. The van der Waals surface area contributed by atoms with E-state index in [0.717, 1.165) is 33.2 Å². The summed E-state index contributed by atoms with van der Waals surface area (Å²) in [6.45, 7) is 4.84. The first-order valence-electron chi connectivity index (χ1n) is 12.9. The highest BCUT2D eigenvalue weighted by Crippen LogP contribution is 2.44. The molecule has 3 heterocycles. The fraction of sp³-hybridized carbons (Fsp3) is 0.0606. The number of benzene rings is 4. The Morgan fingerprint density at radius 2 is 1.18 bits per heavy atom. The maximum absolute atomic E-state index is 9.70. The lowest BCUT2D eigenvalue weighted by Crippen LogP contribution is -2.58. The fourth-order valence-corrected chi connectivity index (χ4v) is 9.12. The molecule has 184 valence electrons. The molecule has 0 atom stereocenters. The second kappa shape index (κ2) is 8.42. The summed E-state index contributed by atoms with van der Waals surface area (Å²) in [6, 6.07) is 40.0. The molecule has 39 heavy (non-hydrogen) atoms. The summed E-state index contributed by atoms with van der Waals surface area (Å²) in [4.78, 5) is 6.57. The van der Waals surface area contributed by atoms with Gasteiger partial charge in [0, 0.05) is 22.1 Å². The molecule has 0 amide bonds. The second-order valence-corrected chi connectivity index (χ2v) is 14.7. The summed E-state index contributed by atoms with van der Waals surface area (Å²) in [5, 5.41) is 24.4. The van der Waals surface area contributed by atoms with Gasteiger partial charge in [-0.3, -0.25) is 0 Å². The zero-order valence-electron chi connectivity index (χ0n) is 21.6. The van der Waals surface area contributed by atoms with E-state index in [4.69, 9.17) is 0 Å². The predicted molar refractivity (Wildman–Crippen MR) is 159 cm³/mol. The average molecular weight is 518 g/mol. The minimum atomic E-state index is -1.94. The molecule has 7 rings (SSSR count). The van der Waals surface area contributed by atoms with Crippen LogP contribution < -0.4 is 15.3 Å². The quantitative estimate of drug-likeness (QED) is 0.245. The number of hydrogen-bond acceptors (Lipinski definition) is 4. The van der Waals surface area contributed by atoms with Crippen molar-refractivity contribution >= 4 is 57.3 Å². The molecule has 4 aromatic carbocycles. The van der Waals surface area contributed by atoms with Gasteiger partial charge in [0.2, 0.25) is 0 Å². The molecule has 0 saturated carbocycles. The molecule has 0 saturated heterocycles. The van der Waals surface area contributed by atoms with Crippen molar-refractivity contribution in [3.05, 3.63) is 115 Å². The van der Waals surface area contributed by atoms with Crippen LogP contribution in [-0.2, 0) is 0 Å². The molecule has 0 unspecified atom stereocenters. The molecular weight excluding hydrogens is 494 g/mol. The summed E-state index contributed by atoms with van der Waals surface area (Å²) in [7, 11) is -1.94. The van der Waals surface area contributed by atoms with E-state index in [1.54, 1.807) is 12.1 Å². The van der Waals surface area contributed by atoms with Gasteiger partial charge in [0.05, 0.1) is 22.4 Å². The number of para-hydroxylation sites is 4. The maximum atomic E-state index is 9.70. The molecule has 1 aliphatic rings. The Balaban J connectivity index is 1.64. The zero-order valence-corrected chi connectivity index (χ0v) is 22.6. The van der Waals surface area contributed by atoms with Crippen molar-refractivity contribution in [3.63, 3.8) is 0 Å². The first kappa shape index (κ1) is 23.0. The third-order valence-corrected chi connectivity index (χ3v) is 11.4. The fourth-order valence-electron chi connectivity index (χ4n) is 6.14. The summed E-state index contributed by atoms with van der Waals surface area (Å²) in [5.74, 6) is 0. The molecule has 0 spiro atoms. The van der Waals surface area contributed by atoms with Crippen molar-refractivity contribution in [2.75, 3.05) is 4.90 Å². The van der Waals surface area contributed by atoms with E-state index in [1.807, 2.05) is 12.1 Å². The number of rotatable bonds is 2. The van der Waals surface area contributed by atoms with Crippen LogP contribution in [0.25, 0.3) is 27.5 Å². The number of anilines is 3. The number of aromatic nitrogens is 2. The number of pyridine rings is 1. The molecule has 0 bridgehead atoms. The highest BCUT2D eigenvalue weighted by Gasteiger charge is 2.38. The van der Waals surface area contributed by atoms with Crippen molar-refractivity contribution < 1.29 is 0 Å². The Morgan fingerprint density at radius 3 is 1.82 bits per heavy atom. The van der Waals surface area contributed by atoms with Gasteiger partial charge >= 0.3 is 0 Å². The standard InChI is InChI=1S/C33H23N5Si/c1-39(2)31-16-7-5-13-28(31)38(29-14-6-8-17-32(29)39)30-15-9-11-26-25-10-3-4-12-27(25)37(33(26)30)24-18-22(20-34)36-23(19-24)21-35/h3-19H,1-2H3. The number of fused-ring (bicyclic) bond motifs is 5. The molecule has 6 heteroatoms. The van der Waals surface area contributed by atoms with Crippen LogP contribution in [0.4, 0.5) is 17.1 Å². The lowest BCUT2D eigenvalue weighted by molar-refractivity contribution is 1.12. The largest absolute Gasteiger partial charge is 0.309 e. The highest BCUT2D eigenvalue weighted by atomic mass is 28.3. The number of nitriles is 2. The average Bonchev–Trinajstić information content (AvgIpc) is 3.32. The summed E-state index contributed by atoms with van der Waals surface area (Å²) < 4.78 is 2.17. The Kier molecular flexibility index (Phi) is 4.96. The van der Waals surface area contributed by atoms with Gasteiger partial charge in [-0.1, -0.05) is 79.8 Å². The van der Waals surface area contributed by atoms with Crippen molar-refractivity contribution in [1.82, 2.24) is 9.55 Å². The van der Waals surface area contributed by atoms with Gasteiger partial charge < -0.3 is 9.47 Å². The monoisotopic (exact) mass is 517 g/mol. The van der Waals surface area contributed by atoms with Crippen LogP contribution in [0.3, 0.4) is 0 Å². The van der Waals surface area contributed by atoms with Crippen LogP contribution in [0.2, 0.25) is 13.1 Å². The van der Waals surface area contributed by atoms with E-state index >= 15 is 0 Å². The minimum absolute atomic E-state index is 0.217. The lowest BCUT2D eigenvalue weighted by atomic mass is 10.1. The molecule has 0 N–H and O–H groups in total. The first-order chi connectivity index (χ1) is 19.0. The van der Waals surface area contributed by atoms with Gasteiger partial charge in [-0.25, -0.2) is 4.98 Å². The van der Waals surface area contributed by atoms with E-state index in [2.05, 4.69) is 119 Å². The van der Waals surface area contributed by atoms with Crippen LogP contribution in [0.15, 0.2) is 103 Å². The maximum Gasteiger partial charge on any atom is 0.144 e. The third-order valence-electron chi connectivity index (χ3n) is 7.85. The summed E-state index contributed by atoms with van der Waals surface area (Å²) >= 11 is 0. The zero-order chi connectivity index (χ0) is 26.7. The summed E-state index contributed by atoms with van der Waals surface area (Å²) in [6.07, 6.45) is 0.